The molecule has 1 rings (SSSR count). The number of thioether (sulfide) groups is 1. The van der Waals surface area contributed by atoms with Crippen LogP contribution in [0, 0.1) is 0 Å². The third-order valence-electron chi connectivity index (χ3n) is 3.19. The van der Waals surface area contributed by atoms with Crippen LogP contribution in [0.3, 0.4) is 0 Å². The van der Waals surface area contributed by atoms with E-state index in [2.05, 4.69) is 12.2 Å². The van der Waals surface area contributed by atoms with E-state index in [-0.39, 0.29) is 0 Å². The summed E-state index contributed by atoms with van der Waals surface area (Å²) >= 11 is 1.94. The Bertz CT molecular complexity index is 231. The van der Waals surface area contributed by atoms with Crippen molar-refractivity contribution >= 4 is 17.7 Å². The van der Waals surface area contributed by atoms with Gasteiger partial charge in [-0.2, -0.15) is 11.8 Å². The molecule has 0 aromatic carbocycles. The molecule has 94 valence electrons. The molecule has 1 saturated carbocycles. The summed E-state index contributed by atoms with van der Waals surface area (Å²) in [6, 6.07) is 0. The zero-order valence-corrected chi connectivity index (χ0v) is 11.1. The Labute approximate surface area is 102 Å². The van der Waals surface area contributed by atoms with Crippen molar-refractivity contribution in [2.75, 3.05) is 12.3 Å². The van der Waals surface area contributed by atoms with Gasteiger partial charge in [-0.25, -0.2) is 0 Å². The van der Waals surface area contributed by atoms with Gasteiger partial charge in [-0.3, -0.25) is 4.79 Å². The number of rotatable bonds is 6. The summed E-state index contributed by atoms with van der Waals surface area (Å²) in [5.41, 5.74) is -0.654. The average molecular weight is 245 g/mol. The normalized spacial score (nSPS) is 30.2. The van der Waals surface area contributed by atoms with Gasteiger partial charge in [0.05, 0.1) is 0 Å². The summed E-state index contributed by atoms with van der Waals surface area (Å²) in [6.07, 6.45) is 4.93. The first-order valence-electron chi connectivity index (χ1n) is 6.24. The van der Waals surface area contributed by atoms with Crippen molar-refractivity contribution in [2.45, 2.75) is 56.7 Å². The van der Waals surface area contributed by atoms with Crippen LogP contribution in [0.1, 0.15) is 46.0 Å². The largest absolute Gasteiger partial charge is 0.480 e. The number of likely N-dealkylation sites (N-methyl/N-ethyl adjacent to an activating group) is 1. The fourth-order valence-corrected chi connectivity index (χ4v) is 3.72. The molecular weight excluding hydrogens is 222 g/mol. The number of carboxylic acid groups (broad SMARTS) is 1. The Morgan fingerprint density at radius 3 is 2.88 bits per heavy atom. The molecule has 0 aliphatic heterocycles. The van der Waals surface area contributed by atoms with E-state index >= 15 is 0 Å². The predicted molar refractivity (Wildman–Crippen MR) is 69.0 cm³/mol. The van der Waals surface area contributed by atoms with Gasteiger partial charge in [-0.1, -0.05) is 13.8 Å². The Kier molecular flexibility index (Phi) is 5.62. The standard InChI is InChI=1S/C12H23NO2S/c1-3-8-16-10-6-5-7-12(9-10,11(14)15)13-4-2/h10,13H,3-9H2,1-2H3,(H,14,15). The maximum absolute atomic E-state index is 11.4. The average Bonchev–Trinajstić information content (AvgIpc) is 2.27. The molecule has 0 aromatic rings. The topological polar surface area (TPSA) is 49.3 Å². The number of nitrogens with one attached hydrogen (secondary N) is 1. The summed E-state index contributed by atoms with van der Waals surface area (Å²) in [5.74, 6) is 0.475. The lowest BCUT2D eigenvalue weighted by atomic mass is 9.81. The van der Waals surface area contributed by atoms with E-state index in [0.717, 1.165) is 31.6 Å². The minimum Gasteiger partial charge on any atom is -0.480 e. The first-order valence-corrected chi connectivity index (χ1v) is 7.29. The molecule has 2 N–H and O–H groups in total. The molecule has 1 aliphatic rings. The van der Waals surface area contributed by atoms with Crippen LogP contribution >= 0.6 is 11.8 Å². The van der Waals surface area contributed by atoms with Crippen molar-refractivity contribution < 1.29 is 9.90 Å². The lowest BCUT2D eigenvalue weighted by Gasteiger charge is -2.38. The molecule has 16 heavy (non-hydrogen) atoms. The summed E-state index contributed by atoms with van der Waals surface area (Å²) in [7, 11) is 0. The minimum absolute atomic E-state index is 0.517. The van der Waals surface area contributed by atoms with Crippen LogP contribution < -0.4 is 5.32 Å². The fourth-order valence-electron chi connectivity index (χ4n) is 2.42. The number of hydrogen-bond acceptors (Lipinski definition) is 3. The van der Waals surface area contributed by atoms with Gasteiger partial charge in [0.25, 0.3) is 0 Å². The van der Waals surface area contributed by atoms with E-state index in [9.17, 15) is 9.90 Å². The Morgan fingerprint density at radius 2 is 2.31 bits per heavy atom. The van der Waals surface area contributed by atoms with Gasteiger partial charge in [0.1, 0.15) is 5.54 Å². The van der Waals surface area contributed by atoms with Crippen LogP contribution in [0.15, 0.2) is 0 Å². The summed E-state index contributed by atoms with van der Waals surface area (Å²) < 4.78 is 0. The van der Waals surface area contributed by atoms with Crippen molar-refractivity contribution in [3.8, 4) is 0 Å². The second-order valence-corrected chi connectivity index (χ2v) is 5.91. The molecular formula is C12H23NO2S. The van der Waals surface area contributed by atoms with Crippen LogP contribution in [0.25, 0.3) is 0 Å². The highest BCUT2D eigenvalue weighted by atomic mass is 32.2. The van der Waals surface area contributed by atoms with E-state index < -0.39 is 11.5 Å². The van der Waals surface area contributed by atoms with Gasteiger partial charge >= 0.3 is 5.97 Å². The minimum atomic E-state index is -0.670. The molecule has 4 heteroatoms. The molecule has 0 heterocycles. The third-order valence-corrected chi connectivity index (χ3v) is 4.71. The number of aliphatic carboxylic acids is 1. The number of hydrogen-bond donors (Lipinski definition) is 2. The van der Waals surface area contributed by atoms with Crippen LogP contribution in [0.5, 0.6) is 0 Å². The first kappa shape index (κ1) is 13.8. The first-order chi connectivity index (χ1) is 7.64. The maximum Gasteiger partial charge on any atom is 0.323 e. The highest BCUT2D eigenvalue weighted by molar-refractivity contribution is 7.99. The molecule has 0 radical (unpaired) electrons. The van der Waals surface area contributed by atoms with E-state index in [1.165, 1.54) is 12.8 Å². The second kappa shape index (κ2) is 6.50. The van der Waals surface area contributed by atoms with Gasteiger partial charge < -0.3 is 10.4 Å². The van der Waals surface area contributed by atoms with Gasteiger partial charge in [-0.05, 0) is 44.4 Å². The zero-order valence-electron chi connectivity index (χ0n) is 10.3. The molecule has 3 nitrogen and oxygen atoms in total. The van der Waals surface area contributed by atoms with Gasteiger partial charge in [-0.15, -0.1) is 0 Å². The fraction of sp³-hybridized carbons (Fsp3) is 0.917. The van der Waals surface area contributed by atoms with Gasteiger partial charge in [0.15, 0.2) is 0 Å². The third kappa shape index (κ3) is 3.39. The van der Waals surface area contributed by atoms with Gasteiger partial charge in [0, 0.05) is 5.25 Å². The summed E-state index contributed by atoms with van der Waals surface area (Å²) in [6.45, 7) is 4.88. The number of carboxylic acids is 1. The van der Waals surface area contributed by atoms with Crippen molar-refractivity contribution in [3.05, 3.63) is 0 Å². The summed E-state index contributed by atoms with van der Waals surface area (Å²) in [4.78, 5) is 11.4. The van der Waals surface area contributed by atoms with Gasteiger partial charge in [0.2, 0.25) is 0 Å². The van der Waals surface area contributed by atoms with E-state index in [0.29, 0.717) is 5.25 Å². The van der Waals surface area contributed by atoms with Crippen molar-refractivity contribution in [3.63, 3.8) is 0 Å². The van der Waals surface area contributed by atoms with Crippen molar-refractivity contribution in [1.29, 1.82) is 0 Å². The van der Waals surface area contributed by atoms with Crippen molar-refractivity contribution in [1.82, 2.24) is 5.32 Å². The molecule has 0 amide bonds. The monoisotopic (exact) mass is 245 g/mol. The molecule has 0 spiro atoms. The molecule has 0 bridgehead atoms. The SMILES string of the molecule is CCCSC1CCCC(NCC)(C(=O)O)C1. The zero-order chi connectivity index (χ0) is 12.0. The van der Waals surface area contributed by atoms with Crippen molar-refractivity contribution in [2.24, 2.45) is 0 Å². The molecule has 1 fully saturated rings. The highest BCUT2D eigenvalue weighted by Crippen LogP contribution is 2.35. The Balaban J connectivity index is 2.60. The van der Waals surface area contributed by atoms with Crippen LogP contribution in [-0.4, -0.2) is 34.2 Å². The highest BCUT2D eigenvalue weighted by Gasteiger charge is 2.42. The Morgan fingerprint density at radius 1 is 1.56 bits per heavy atom. The Hall–Kier alpha value is -0.220. The second-order valence-electron chi connectivity index (χ2n) is 4.51. The smallest absolute Gasteiger partial charge is 0.323 e. The maximum atomic E-state index is 11.4. The summed E-state index contributed by atoms with van der Waals surface area (Å²) in [5, 5.41) is 13.1. The molecule has 2 unspecified atom stereocenters. The van der Waals surface area contributed by atoms with E-state index in [4.69, 9.17) is 0 Å². The van der Waals surface area contributed by atoms with Crippen LogP contribution in [-0.2, 0) is 4.79 Å². The number of carbonyl (C=O) groups is 1. The lowest BCUT2D eigenvalue weighted by Crippen LogP contribution is -2.55. The molecule has 0 saturated heterocycles. The lowest BCUT2D eigenvalue weighted by molar-refractivity contribution is -0.146. The molecule has 1 aliphatic carbocycles. The van der Waals surface area contributed by atoms with Crippen LogP contribution in [0.2, 0.25) is 0 Å². The van der Waals surface area contributed by atoms with E-state index in [1.54, 1.807) is 0 Å². The quantitative estimate of drug-likeness (QED) is 0.755. The van der Waals surface area contributed by atoms with E-state index in [1.807, 2.05) is 18.7 Å². The predicted octanol–water partition coefficient (Wildman–Crippen LogP) is 2.51. The molecule has 0 aromatic heterocycles. The molecule has 2 atom stereocenters. The van der Waals surface area contributed by atoms with Crippen LogP contribution in [0.4, 0.5) is 0 Å².